The second-order valence-electron chi connectivity index (χ2n) is 2.47. The molecule has 6 heteroatoms. The molecule has 0 spiro atoms. The smallest absolute Gasteiger partial charge is 0.314 e. The van der Waals surface area contributed by atoms with Crippen LogP contribution in [-0.4, -0.2) is 29.1 Å². The van der Waals surface area contributed by atoms with E-state index >= 15 is 0 Å². The Bertz CT molecular complexity index is 511. The van der Waals surface area contributed by atoms with Crippen molar-refractivity contribution in [2.45, 2.75) is 13.8 Å². The third-order valence-electron chi connectivity index (χ3n) is 1.71. The molecule has 1 aromatic heterocycles. The van der Waals surface area contributed by atoms with Gasteiger partial charge in [-0.3, -0.25) is 4.79 Å². The van der Waals surface area contributed by atoms with E-state index in [4.69, 9.17) is 4.79 Å². The zero-order valence-corrected chi connectivity index (χ0v) is 10.1. The second-order valence-corrected chi connectivity index (χ2v) is 2.47. The molecule has 6 nitrogen and oxygen atoms in total. The molecular weight excluding hydrogens is 222 g/mol. The summed E-state index contributed by atoms with van der Waals surface area (Å²) in [6, 6.07) is 6.98. The third kappa shape index (κ3) is 3.37. The van der Waals surface area contributed by atoms with Crippen molar-refractivity contribution in [3.8, 4) is 0 Å². The molecule has 0 radical (unpaired) electrons. The molecule has 0 saturated heterocycles. The number of fused-ring (bicyclic) bond motifs is 1. The lowest BCUT2D eigenvalue weighted by Gasteiger charge is -2.00. The van der Waals surface area contributed by atoms with E-state index in [-0.39, 0.29) is 5.56 Å². The van der Waals surface area contributed by atoms with Gasteiger partial charge in [-0.15, -0.1) is 5.10 Å². The molecule has 0 aliphatic carbocycles. The van der Waals surface area contributed by atoms with Gasteiger partial charge in [0, 0.05) is 0 Å². The first-order valence-electron chi connectivity index (χ1n) is 5.01. The number of nitrogens with zero attached hydrogens (tertiary/aromatic N) is 3. The molecule has 0 unspecified atom stereocenters. The summed E-state index contributed by atoms with van der Waals surface area (Å²) in [5, 5.41) is 7.86. The predicted molar refractivity (Wildman–Crippen MR) is 64.8 cm³/mol. The fourth-order valence-corrected chi connectivity index (χ4v) is 1.09. The van der Waals surface area contributed by atoms with E-state index in [1.165, 1.54) is 7.11 Å². The highest BCUT2D eigenvalue weighted by Gasteiger charge is 2.02. The van der Waals surface area contributed by atoms with Gasteiger partial charge in [-0.2, -0.15) is 0 Å². The van der Waals surface area contributed by atoms with E-state index < -0.39 is 0 Å². The Kier molecular flexibility index (Phi) is 6.92. The molecular formula is C11H15N3O3. The van der Waals surface area contributed by atoms with E-state index in [0.29, 0.717) is 10.9 Å². The third-order valence-corrected chi connectivity index (χ3v) is 1.71. The average molecular weight is 237 g/mol. The quantitative estimate of drug-likeness (QED) is 0.729. The van der Waals surface area contributed by atoms with Crippen molar-refractivity contribution in [3.63, 3.8) is 0 Å². The van der Waals surface area contributed by atoms with E-state index in [1.807, 2.05) is 20.6 Å². The van der Waals surface area contributed by atoms with E-state index in [9.17, 15) is 4.79 Å². The number of aromatic nitrogens is 3. The molecule has 2 rings (SSSR count). The van der Waals surface area contributed by atoms with Crippen LogP contribution in [0.5, 0.6) is 0 Å². The normalized spacial score (nSPS) is 8.41. The largest absolute Gasteiger partial charge is 0.396 e. The molecule has 17 heavy (non-hydrogen) atoms. The fourth-order valence-electron chi connectivity index (χ4n) is 1.09. The molecule has 0 aliphatic heterocycles. The number of hydrogen-bond donors (Lipinski definition) is 0. The van der Waals surface area contributed by atoms with Gasteiger partial charge in [0.2, 0.25) is 0 Å². The Morgan fingerprint density at radius 3 is 2.41 bits per heavy atom. The van der Waals surface area contributed by atoms with Gasteiger partial charge in [-0.25, -0.2) is 0 Å². The molecule has 92 valence electrons. The molecule has 2 aromatic rings. The van der Waals surface area contributed by atoms with Gasteiger partial charge in [0.25, 0.3) is 0 Å². The van der Waals surface area contributed by atoms with Gasteiger partial charge < -0.3 is 9.63 Å². The number of carbonyl (C=O) groups is 1. The number of rotatable bonds is 1. The van der Waals surface area contributed by atoms with Gasteiger partial charge in [-0.05, 0) is 22.2 Å². The second kappa shape index (κ2) is 7.98. The summed E-state index contributed by atoms with van der Waals surface area (Å²) in [5.41, 5.74) is 0.272. The average Bonchev–Trinajstić information content (AvgIpc) is 2.44. The number of hydrogen-bond acceptors (Lipinski definition) is 5. The summed E-state index contributed by atoms with van der Waals surface area (Å²) in [5.74, 6) is 0. The minimum Gasteiger partial charge on any atom is -0.396 e. The Balaban J connectivity index is 0.000000581. The van der Waals surface area contributed by atoms with Crippen LogP contribution in [0.2, 0.25) is 0 Å². The minimum absolute atomic E-state index is 0.298. The SMILES string of the molecule is C=O.CC.COn1nnc2ccccc2c1=O. The van der Waals surface area contributed by atoms with Crippen LogP contribution in [-0.2, 0) is 4.79 Å². The standard InChI is InChI=1S/C8H7N3O2.C2H6.CH2O/c1-13-11-8(12)6-4-2-3-5-7(6)9-10-11;2*1-2/h2-5H,1H3;1-2H3;1H2. The van der Waals surface area contributed by atoms with Crippen LogP contribution < -0.4 is 10.4 Å². The highest BCUT2D eigenvalue weighted by molar-refractivity contribution is 5.76. The van der Waals surface area contributed by atoms with Crippen LogP contribution in [0.25, 0.3) is 10.9 Å². The van der Waals surface area contributed by atoms with Gasteiger partial charge in [0.15, 0.2) is 0 Å². The van der Waals surface area contributed by atoms with Crippen molar-refractivity contribution in [2.75, 3.05) is 7.11 Å². The zero-order chi connectivity index (χ0) is 13.3. The first kappa shape index (κ1) is 14.8. The van der Waals surface area contributed by atoms with E-state index in [1.54, 1.807) is 24.3 Å². The minimum atomic E-state index is -0.298. The zero-order valence-electron chi connectivity index (χ0n) is 10.1. The van der Waals surface area contributed by atoms with Gasteiger partial charge in [0.05, 0.1) is 5.39 Å². The van der Waals surface area contributed by atoms with Crippen molar-refractivity contribution in [2.24, 2.45) is 0 Å². The first-order chi connectivity index (χ1) is 8.33. The predicted octanol–water partition coefficient (Wildman–Crippen LogP) is 0.691. The monoisotopic (exact) mass is 237 g/mol. The Hall–Kier alpha value is -2.24. The number of carbonyl (C=O) groups excluding carboxylic acids is 1. The summed E-state index contributed by atoms with van der Waals surface area (Å²) in [6.45, 7) is 6.00. The molecule has 0 fully saturated rings. The van der Waals surface area contributed by atoms with Crippen LogP contribution in [0.15, 0.2) is 29.1 Å². The maximum Gasteiger partial charge on any atom is 0.314 e. The Morgan fingerprint density at radius 1 is 1.24 bits per heavy atom. The maximum atomic E-state index is 11.5. The molecule has 0 saturated carbocycles. The Morgan fingerprint density at radius 2 is 1.82 bits per heavy atom. The Labute approximate surface area is 98.8 Å². The lowest BCUT2D eigenvalue weighted by molar-refractivity contribution is -0.0979. The van der Waals surface area contributed by atoms with Crippen molar-refractivity contribution in [1.82, 2.24) is 15.2 Å². The summed E-state index contributed by atoms with van der Waals surface area (Å²) in [4.78, 5) is 25.0. The van der Waals surface area contributed by atoms with E-state index in [2.05, 4.69) is 15.1 Å². The van der Waals surface area contributed by atoms with E-state index in [0.717, 1.165) is 4.85 Å². The molecule has 1 aromatic carbocycles. The summed E-state index contributed by atoms with van der Waals surface area (Å²) in [7, 11) is 1.37. The fraction of sp³-hybridized carbons (Fsp3) is 0.273. The molecule has 0 atom stereocenters. The molecule has 0 aliphatic rings. The maximum absolute atomic E-state index is 11.5. The van der Waals surface area contributed by atoms with Crippen LogP contribution in [0.1, 0.15) is 13.8 Å². The topological polar surface area (TPSA) is 74.1 Å². The van der Waals surface area contributed by atoms with Gasteiger partial charge in [0.1, 0.15) is 19.4 Å². The van der Waals surface area contributed by atoms with Crippen molar-refractivity contribution in [1.29, 1.82) is 0 Å². The van der Waals surface area contributed by atoms with Crippen molar-refractivity contribution < 1.29 is 9.63 Å². The van der Waals surface area contributed by atoms with Crippen LogP contribution in [0.4, 0.5) is 0 Å². The van der Waals surface area contributed by atoms with Crippen LogP contribution >= 0.6 is 0 Å². The lowest BCUT2D eigenvalue weighted by Crippen LogP contribution is -2.28. The highest BCUT2D eigenvalue weighted by Crippen LogP contribution is 2.02. The van der Waals surface area contributed by atoms with Gasteiger partial charge in [-0.1, -0.05) is 26.0 Å². The lowest BCUT2D eigenvalue weighted by atomic mass is 10.2. The van der Waals surface area contributed by atoms with Crippen LogP contribution in [0, 0.1) is 0 Å². The molecule has 1 heterocycles. The van der Waals surface area contributed by atoms with Crippen molar-refractivity contribution in [3.05, 3.63) is 34.6 Å². The number of benzene rings is 1. The molecule has 0 amide bonds. The summed E-state index contributed by atoms with van der Waals surface area (Å²) in [6.07, 6.45) is 0. The van der Waals surface area contributed by atoms with Crippen molar-refractivity contribution >= 4 is 17.7 Å². The summed E-state index contributed by atoms with van der Waals surface area (Å²) >= 11 is 0. The van der Waals surface area contributed by atoms with Gasteiger partial charge >= 0.3 is 5.56 Å². The van der Waals surface area contributed by atoms with Crippen LogP contribution in [0.3, 0.4) is 0 Å². The molecule has 0 N–H and O–H groups in total. The highest BCUT2D eigenvalue weighted by atomic mass is 16.7. The summed E-state index contributed by atoms with van der Waals surface area (Å²) < 4.78 is 0. The molecule has 0 bridgehead atoms. The first-order valence-corrected chi connectivity index (χ1v) is 5.01.